The van der Waals surface area contributed by atoms with E-state index in [9.17, 15) is 0 Å². The van der Waals surface area contributed by atoms with Crippen molar-refractivity contribution in [2.75, 3.05) is 0 Å². The van der Waals surface area contributed by atoms with Crippen LogP contribution in [-0.4, -0.2) is 5.25 Å². The molecule has 0 unspecified atom stereocenters. The molecule has 4 bridgehead atoms. The molecule has 0 aromatic heterocycles. The summed E-state index contributed by atoms with van der Waals surface area (Å²) in [5.41, 5.74) is 1.40. The molecule has 0 radical (unpaired) electrons. The standard InChI is InChI=1S/C12H10S/c1-5-11-6-2-9(1)10-3-7-12(13-11)8-4-10/h1-9,11H. The maximum atomic E-state index is 2.30. The Balaban J connectivity index is 2.20. The fraction of sp³-hybridized carbons (Fsp3) is 0.167. The van der Waals surface area contributed by atoms with E-state index in [0.717, 1.165) is 0 Å². The second kappa shape index (κ2) is 2.78. The van der Waals surface area contributed by atoms with Crippen molar-refractivity contribution in [1.82, 2.24) is 0 Å². The Morgan fingerprint density at radius 3 is 2.23 bits per heavy atom. The van der Waals surface area contributed by atoms with Crippen molar-refractivity contribution >= 4 is 11.8 Å². The smallest absolute Gasteiger partial charge is 0.0455 e. The molecule has 4 heterocycles. The molecular weight excluding hydrogens is 176 g/mol. The lowest BCUT2D eigenvalue weighted by molar-refractivity contribution is 1.04. The largest absolute Gasteiger partial charge is 0.114 e. The van der Waals surface area contributed by atoms with Crippen molar-refractivity contribution in [1.29, 1.82) is 0 Å². The third-order valence-corrected chi connectivity index (χ3v) is 3.68. The molecule has 1 aliphatic carbocycles. The third-order valence-electron chi connectivity index (χ3n) is 2.55. The van der Waals surface area contributed by atoms with Crippen LogP contribution in [0.1, 0.15) is 11.5 Å². The summed E-state index contributed by atoms with van der Waals surface area (Å²) < 4.78 is 0. The summed E-state index contributed by atoms with van der Waals surface area (Å²) in [7, 11) is 0. The second-order valence-corrected chi connectivity index (χ2v) is 4.70. The van der Waals surface area contributed by atoms with Gasteiger partial charge in [0.05, 0.1) is 0 Å². The van der Waals surface area contributed by atoms with Crippen molar-refractivity contribution < 1.29 is 0 Å². The Labute approximate surface area is 82.4 Å². The van der Waals surface area contributed by atoms with Gasteiger partial charge in [-0.05, 0) is 17.7 Å². The third kappa shape index (κ3) is 1.24. The number of benzene rings is 1. The monoisotopic (exact) mass is 186 g/mol. The molecule has 0 fully saturated rings. The topological polar surface area (TPSA) is 0 Å². The molecule has 4 aliphatic heterocycles. The molecule has 64 valence electrons. The van der Waals surface area contributed by atoms with E-state index in [1.807, 2.05) is 11.8 Å². The lowest BCUT2D eigenvalue weighted by Crippen LogP contribution is -1.99. The zero-order valence-corrected chi connectivity index (χ0v) is 8.00. The molecule has 0 spiro atoms. The Morgan fingerprint density at radius 2 is 1.54 bits per heavy atom. The van der Waals surface area contributed by atoms with Gasteiger partial charge in [-0.3, -0.25) is 0 Å². The zero-order valence-electron chi connectivity index (χ0n) is 7.18. The molecule has 1 aromatic rings. The summed E-state index contributed by atoms with van der Waals surface area (Å²) in [6, 6.07) is 8.91. The number of hydrogen-bond donors (Lipinski definition) is 0. The molecule has 6 rings (SSSR count). The Bertz CT molecular complexity index is 359. The Hall–Kier alpha value is -0.950. The van der Waals surface area contributed by atoms with Gasteiger partial charge in [-0.15, -0.1) is 11.8 Å². The first-order valence-corrected chi connectivity index (χ1v) is 5.43. The minimum Gasteiger partial charge on any atom is -0.114 e. The van der Waals surface area contributed by atoms with Crippen LogP contribution in [0.2, 0.25) is 0 Å². The minimum atomic E-state index is 0.504. The number of hydrogen-bond acceptors (Lipinski definition) is 1. The van der Waals surface area contributed by atoms with Crippen molar-refractivity contribution in [2.24, 2.45) is 0 Å². The van der Waals surface area contributed by atoms with Crippen LogP contribution in [0.15, 0.2) is 53.5 Å². The molecule has 0 amide bonds. The van der Waals surface area contributed by atoms with Crippen molar-refractivity contribution in [2.45, 2.75) is 16.1 Å². The van der Waals surface area contributed by atoms with Gasteiger partial charge in [-0.1, -0.05) is 36.4 Å². The van der Waals surface area contributed by atoms with E-state index in [1.54, 1.807) is 0 Å². The molecular formula is C12H10S. The van der Waals surface area contributed by atoms with Crippen LogP contribution in [0.25, 0.3) is 0 Å². The van der Waals surface area contributed by atoms with Gasteiger partial charge in [0.2, 0.25) is 0 Å². The van der Waals surface area contributed by atoms with Gasteiger partial charge in [0, 0.05) is 16.1 Å². The average molecular weight is 186 g/mol. The second-order valence-electron chi connectivity index (χ2n) is 3.45. The quantitative estimate of drug-likeness (QED) is 0.560. The first-order valence-electron chi connectivity index (χ1n) is 4.55. The molecule has 0 saturated carbocycles. The first kappa shape index (κ1) is 7.45. The van der Waals surface area contributed by atoms with Gasteiger partial charge in [0.25, 0.3) is 0 Å². The molecule has 1 heteroatoms. The Kier molecular flexibility index (Phi) is 1.59. The maximum absolute atomic E-state index is 2.30. The summed E-state index contributed by atoms with van der Waals surface area (Å²) >= 11 is 1.91. The molecule has 0 atom stereocenters. The van der Waals surface area contributed by atoms with Gasteiger partial charge >= 0.3 is 0 Å². The molecule has 13 heavy (non-hydrogen) atoms. The van der Waals surface area contributed by atoms with Crippen molar-refractivity contribution in [3.05, 3.63) is 54.1 Å². The van der Waals surface area contributed by atoms with Crippen LogP contribution >= 0.6 is 11.8 Å². The lowest BCUT2D eigenvalue weighted by atomic mass is 9.95. The number of allylic oxidation sites excluding steroid dienone is 2. The summed E-state index contributed by atoms with van der Waals surface area (Å²) in [4.78, 5) is 1.37. The van der Waals surface area contributed by atoms with Crippen molar-refractivity contribution in [3.63, 3.8) is 0 Å². The van der Waals surface area contributed by atoms with Gasteiger partial charge in [0.1, 0.15) is 0 Å². The zero-order chi connectivity index (χ0) is 8.67. The molecule has 5 aliphatic rings. The summed E-state index contributed by atoms with van der Waals surface area (Å²) in [6.45, 7) is 0. The summed E-state index contributed by atoms with van der Waals surface area (Å²) in [5.74, 6) is 0.504. The van der Waals surface area contributed by atoms with E-state index in [-0.39, 0.29) is 0 Å². The SMILES string of the molecule is C1=CC2C=CC1Sc1ccc2cc1. The Morgan fingerprint density at radius 1 is 0.846 bits per heavy atom. The van der Waals surface area contributed by atoms with Crippen LogP contribution in [0, 0.1) is 0 Å². The highest BCUT2D eigenvalue weighted by Gasteiger charge is 2.15. The highest BCUT2D eigenvalue weighted by atomic mass is 32.2. The summed E-state index contributed by atoms with van der Waals surface area (Å²) in [5, 5.41) is 0.540. The molecule has 0 nitrogen and oxygen atoms in total. The van der Waals surface area contributed by atoms with E-state index in [1.165, 1.54) is 10.5 Å². The van der Waals surface area contributed by atoms with Crippen LogP contribution < -0.4 is 0 Å². The molecule has 1 aromatic carbocycles. The highest BCUT2D eigenvalue weighted by Crippen LogP contribution is 2.34. The van der Waals surface area contributed by atoms with Crippen molar-refractivity contribution in [3.8, 4) is 0 Å². The fourth-order valence-corrected chi connectivity index (χ4v) is 2.76. The predicted molar refractivity (Wildman–Crippen MR) is 57.1 cm³/mol. The highest BCUT2D eigenvalue weighted by molar-refractivity contribution is 8.00. The van der Waals surface area contributed by atoms with Gasteiger partial charge < -0.3 is 0 Å². The molecule has 0 saturated heterocycles. The van der Waals surface area contributed by atoms with Gasteiger partial charge in [0.15, 0.2) is 0 Å². The maximum Gasteiger partial charge on any atom is 0.0455 e. The number of thioether (sulfide) groups is 1. The van der Waals surface area contributed by atoms with Crippen LogP contribution in [0.5, 0.6) is 0 Å². The van der Waals surface area contributed by atoms with E-state index < -0.39 is 0 Å². The van der Waals surface area contributed by atoms with E-state index in [0.29, 0.717) is 11.2 Å². The average Bonchev–Trinajstić information content (AvgIpc) is 2.39. The van der Waals surface area contributed by atoms with Crippen LogP contribution in [-0.2, 0) is 0 Å². The lowest BCUT2D eigenvalue weighted by Gasteiger charge is -2.12. The van der Waals surface area contributed by atoms with Crippen LogP contribution in [0.3, 0.4) is 0 Å². The summed E-state index contributed by atoms with van der Waals surface area (Å²) in [6.07, 6.45) is 9.20. The van der Waals surface area contributed by atoms with E-state index in [2.05, 4.69) is 48.6 Å². The van der Waals surface area contributed by atoms with E-state index >= 15 is 0 Å². The molecule has 0 N–H and O–H groups in total. The van der Waals surface area contributed by atoms with E-state index in [4.69, 9.17) is 0 Å². The van der Waals surface area contributed by atoms with Gasteiger partial charge in [-0.2, -0.15) is 0 Å². The van der Waals surface area contributed by atoms with Gasteiger partial charge in [-0.25, -0.2) is 0 Å². The first-order chi connectivity index (χ1) is 6.42. The predicted octanol–water partition coefficient (Wildman–Crippen LogP) is 3.37. The number of rotatable bonds is 0. The normalized spacial score (nSPS) is 28.6. The van der Waals surface area contributed by atoms with Crippen LogP contribution in [0.4, 0.5) is 0 Å². The fourth-order valence-electron chi connectivity index (χ4n) is 1.81. The minimum absolute atomic E-state index is 0.504.